The first kappa shape index (κ1) is 21.7. The minimum atomic E-state index is -0.0339. The second-order valence-electron chi connectivity index (χ2n) is 7.81. The number of carbonyl (C=O) groups excluding carboxylic acids is 2. The van der Waals surface area contributed by atoms with E-state index in [9.17, 15) is 9.59 Å². The predicted octanol–water partition coefficient (Wildman–Crippen LogP) is 3.71. The van der Waals surface area contributed by atoms with Crippen molar-refractivity contribution in [2.24, 2.45) is 5.92 Å². The number of anilines is 1. The van der Waals surface area contributed by atoms with Crippen LogP contribution in [-0.4, -0.2) is 33.5 Å². The topological polar surface area (TPSA) is 67.2 Å². The van der Waals surface area contributed by atoms with Crippen LogP contribution in [0.1, 0.15) is 49.7 Å². The summed E-state index contributed by atoms with van der Waals surface area (Å²) in [7, 11) is 1.75. The molecule has 0 spiro atoms. The maximum atomic E-state index is 12.5. The molecule has 28 heavy (non-hydrogen) atoms. The highest BCUT2D eigenvalue weighted by atomic mass is 16.2. The van der Waals surface area contributed by atoms with Crippen molar-refractivity contribution in [2.45, 2.75) is 60.5 Å². The van der Waals surface area contributed by atoms with Crippen LogP contribution in [0.5, 0.6) is 0 Å². The van der Waals surface area contributed by atoms with Crippen LogP contribution >= 0.6 is 0 Å². The lowest BCUT2D eigenvalue weighted by atomic mass is 10.1. The molecule has 0 aliphatic heterocycles. The number of aromatic nitrogens is 2. The molecule has 1 N–H and O–H groups in total. The summed E-state index contributed by atoms with van der Waals surface area (Å²) in [5, 5.41) is 7.62. The molecule has 0 aliphatic carbocycles. The summed E-state index contributed by atoms with van der Waals surface area (Å²) in [6, 6.07) is 7.60. The highest BCUT2D eigenvalue weighted by Crippen LogP contribution is 2.19. The zero-order valence-electron chi connectivity index (χ0n) is 17.9. The average molecular weight is 385 g/mol. The number of nitrogens with one attached hydrogen (secondary N) is 1. The SMILES string of the molecule is CC(=O)N(C)Cc1ccccc1NC(=O)CCc1c(C)nn(CC(C)C)c1C. The van der Waals surface area contributed by atoms with Gasteiger partial charge in [-0.05, 0) is 43.4 Å². The minimum absolute atomic E-state index is 0.00881. The van der Waals surface area contributed by atoms with E-state index in [0.29, 0.717) is 25.3 Å². The van der Waals surface area contributed by atoms with Gasteiger partial charge in [0.1, 0.15) is 0 Å². The van der Waals surface area contributed by atoms with Gasteiger partial charge in [0.2, 0.25) is 11.8 Å². The fraction of sp³-hybridized carbons (Fsp3) is 0.500. The first-order valence-corrected chi connectivity index (χ1v) is 9.81. The van der Waals surface area contributed by atoms with Gasteiger partial charge < -0.3 is 10.2 Å². The van der Waals surface area contributed by atoms with Gasteiger partial charge in [0.05, 0.1) is 5.69 Å². The number of amides is 2. The standard InChI is InChI=1S/C22H32N4O2/c1-15(2)13-26-17(4)20(16(3)24-26)11-12-22(28)23-21-10-8-7-9-19(21)14-25(6)18(5)27/h7-10,15H,11-14H2,1-6H3,(H,23,28). The molecule has 0 aliphatic rings. The molecule has 2 aromatic rings. The van der Waals surface area contributed by atoms with Crippen molar-refractivity contribution in [1.82, 2.24) is 14.7 Å². The molecule has 0 saturated heterocycles. The van der Waals surface area contributed by atoms with Crippen molar-refractivity contribution in [2.75, 3.05) is 12.4 Å². The van der Waals surface area contributed by atoms with E-state index < -0.39 is 0 Å². The smallest absolute Gasteiger partial charge is 0.224 e. The molecular formula is C22H32N4O2. The predicted molar refractivity (Wildman–Crippen MR) is 112 cm³/mol. The molecule has 1 aromatic carbocycles. The van der Waals surface area contributed by atoms with Crippen LogP contribution in [0.4, 0.5) is 5.69 Å². The summed E-state index contributed by atoms with van der Waals surface area (Å²) in [4.78, 5) is 25.7. The number of nitrogens with zero attached hydrogens (tertiary/aromatic N) is 3. The molecule has 1 heterocycles. The molecule has 0 radical (unpaired) electrons. The Labute approximate surface area is 167 Å². The monoisotopic (exact) mass is 384 g/mol. The second kappa shape index (κ2) is 9.53. The highest BCUT2D eigenvalue weighted by molar-refractivity contribution is 5.91. The van der Waals surface area contributed by atoms with E-state index in [1.807, 2.05) is 35.9 Å². The van der Waals surface area contributed by atoms with Gasteiger partial charge in [0.25, 0.3) is 0 Å². The van der Waals surface area contributed by atoms with Gasteiger partial charge in [-0.15, -0.1) is 0 Å². The van der Waals surface area contributed by atoms with Gasteiger partial charge in [-0.2, -0.15) is 5.10 Å². The van der Waals surface area contributed by atoms with Crippen molar-refractivity contribution < 1.29 is 9.59 Å². The lowest BCUT2D eigenvalue weighted by molar-refractivity contribution is -0.128. The lowest BCUT2D eigenvalue weighted by Gasteiger charge is -2.18. The lowest BCUT2D eigenvalue weighted by Crippen LogP contribution is -2.24. The molecule has 2 rings (SSSR count). The van der Waals surface area contributed by atoms with Crippen molar-refractivity contribution >= 4 is 17.5 Å². The van der Waals surface area contributed by atoms with Crippen molar-refractivity contribution in [3.63, 3.8) is 0 Å². The quantitative estimate of drug-likeness (QED) is 0.754. The number of aryl methyl sites for hydroxylation is 1. The highest BCUT2D eigenvalue weighted by Gasteiger charge is 2.15. The Kier molecular flexibility index (Phi) is 7.38. The average Bonchev–Trinajstić information content (AvgIpc) is 2.87. The van der Waals surface area contributed by atoms with Crippen LogP contribution in [0, 0.1) is 19.8 Å². The summed E-state index contributed by atoms with van der Waals surface area (Å²) in [6.07, 6.45) is 1.06. The van der Waals surface area contributed by atoms with Crippen molar-refractivity contribution in [3.05, 3.63) is 46.8 Å². The van der Waals surface area contributed by atoms with Crippen molar-refractivity contribution in [1.29, 1.82) is 0 Å². The molecule has 0 fully saturated rings. The summed E-state index contributed by atoms with van der Waals surface area (Å²) in [5.74, 6) is 0.484. The fourth-order valence-corrected chi connectivity index (χ4v) is 3.22. The van der Waals surface area contributed by atoms with Crippen LogP contribution in [-0.2, 0) is 29.1 Å². The van der Waals surface area contributed by atoms with E-state index in [-0.39, 0.29) is 11.8 Å². The van der Waals surface area contributed by atoms with Crippen LogP contribution in [0.2, 0.25) is 0 Å². The third kappa shape index (κ3) is 5.68. The fourth-order valence-electron chi connectivity index (χ4n) is 3.22. The summed E-state index contributed by atoms with van der Waals surface area (Å²) in [6.45, 7) is 11.3. The number of hydrogen-bond acceptors (Lipinski definition) is 3. The van der Waals surface area contributed by atoms with Gasteiger partial charge in [-0.3, -0.25) is 14.3 Å². The summed E-state index contributed by atoms with van der Waals surface area (Å²) < 4.78 is 2.04. The first-order chi connectivity index (χ1) is 13.2. The van der Waals surface area contributed by atoms with E-state index >= 15 is 0 Å². The third-order valence-electron chi connectivity index (χ3n) is 4.91. The molecule has 0 saturated carbocycles. The number of hydrogen-bond donors (Lipinski definition) is 1. The van der Waals surface area contributed by atoms with E-state index in [1.54, 1.807) is 11.9 Å². The third-order valence-corrected chi connectivity index (χ3v) is 4.91. The normalized spacial score (nSPS) is 11.0. The molecule has 2 amide bonds. The number of rotatable bonds is 8. The minimum Gasteiger partial charge on any atom is -0.342 e. The largest absolute Gasteiger partial charge is 0.342 e. The van der Waals surface area contributed by atoms with Crippen molar-refractivity contribution in [3.8, 4) is 0 Å². The maximum absolute atomic E-state index is 12.5. The Bertz CT molecular complexity index is 839. The second-order valence-corrected chi connectivity index (χ2v) is 7.81. The first-order valence-electron chi connectivity index (χ1n) is 9.81. The molecule has 0 bridgehead atoms. The zero-order chi connectivity index (χ0) is 20.8. The van der Waals surface area contributed by atoms with E-state index in [0.717, 1.165) is 34.7 Å². The molecule has 152 valence electrons. The van der Waals surface area contributed by atoms with Gasteiger partial charge in [0.15, 0.2) is 0 Å². The van der Waals surface area contributed by atoms with E-state index in [4.69, 9.17) is 0 Å². The van der Waals surface area contributed by atoms with Gasteiger partial charge >= 0.3 is 0 Å². The summed E-state index contributed by atoms with van der Waals surface area (Å²) in [5.41, 5.74) is 4.97. The van der Waals surface area contributed by atoms with Gasteiger partial charge in [-0.25, -0.2) is 0 Å². The zero-order valence-corrected chi connectivity index (χ0v) is 17.9. The molecule has 0 atom stereocenters. The number of benzene rings is 1. The molecular weight excluding hydrogens is 352 g/mol. The van der Waals surface area contributed by atoms with Gasteiger partial charge in [-0.1, -0.05) is 32.0 Å². The molecule has 0 unspecified atom stereocenters. The van der Waals surface area contributed by atoms with Crippen LogP contribution in [0.3, 0.4) is 0 Å². The Balaban J connectivity index is 2.02. The Hall–Kier alpha value is -2.63. The van der Waals surface area contributed by atoms with Crippen LogP contribution in [0.15, 0.2) is 24.3 Å². The number of para-hydroxylation sites is 1. The Morgan fingerprint density at radius 1 is 1.21 bits per heavy atom. The molecule has 6 heteroatoms. The van der Waals surface area contributed by atoms with E-state index in [1.165, 1.54) is 6.92 Å². The maximum Gasteiger partial charge on any atom is 0.224 e. The van der Waals surface area contributed by atoms with Gasteiger partial charge in [0, 0.05) is 44.9 Å². The van der Waals surface area contributed by atoms with Crippen LogP contribution < -0.4 is 5.32 Å². The molecule has 1 aromatic heterocycles. The van der Waals surface area contributed by atoms with E-state index in [2.05, 4.69) is 31.2 Å². The Morgan fingerprint density at radius 2 is 1.89 bits per heavy atom. The molecule has 6 nitrogen and oxygen atoms in total. The Morgan fingerprint density at radius 3 is 2.54 bits per heavy atom. The summed E-state index contributed by atoms with van der Waals surface area (Å²) >= 11 is 0. The number of carbonyl (C=O) groups is 2. The van der Waals surface area contributed by atoms with Crippen LogP contribution in [0.25, 0.3) is 0 Å².